The summed E-state index contributed by atoms with van der Waals surface area (Å²) in [6.45, 7) is 0. The number of hydrogen-bond acceptors (Lipinski definition) is 4. The normalized spacial score (nSPS) is 15.2. The largest absolute Gasteiger partial charge is 0.497 e. The number of nitrogens with two attached hydrogens (primary N) is 1. The Morgan fingerprint density at radius 1 is 1.12 bits per heavy atom. The van der Waals surface area contributed by atoms with Gasteiger partial charge in [0.2, 0.25) is 0 Å². The second-order valence-corrected chi connectivity index (χ2v) is 5.63. The third-order valence-corrected chi connectivity index (χ3v) is 3.96. The molecule has 126 valence electrons. The lowest BCUT2D eigenvalue weighted by Gasteiger charge is -2.16. The molecule has 5 nitrogen and oxygen atoms in total. The highest BCUT2D eigenvalue weighted by Gasteiger charge is 2.13. The van der Waals surface area contributed by atoms with Gasteiger partial charge in [0.15, 0.2) is 0 Å². The number of aliphatic imine (C=N–C) groups is 1. The number of allylic oxidation sites excluding steroid dienone is 1. The maximum absolute atomic E-state index is 7.87. The van der Waals surface area contributed by atoms with Gasteiger partial charge in [-0.1, -0.05) is 42.5 Å². The highest BCUT2D eigenvalue weighted by molar-refractivity contribution is 6.11. The molecule has 2 aromatic carbocycles. The molecule has 1 heterocycles. The molecule has 0 fully saturated rings. The van der Waals surface area contributed by atoms with E-state index in [0.717, 1.165) is 22.4 Å². The average Bonchev–Trinajstić information content (AvgIpc) is 2.67. The third-order valence-electron chi connectivity index (χ3n) is 3.96. The van der Waals surface area contributed by atoms with Crippen molar-refractivity contribution in [2.24, 2.45) is 10.7 Å². The van der Waals surface area contributed by atoms with Crippen molar-refractivity contribution >= 4 is 17.6 Å². The number of hydrogen-bond donors (Lipinski definition) is 3. The minimum Gasteiger partial charge on any atom is -0.497 e. The van der Waals surface area contributed by atoms with Crippen molar-refractivity contribution < 1.29 is 4.74 Å². The summed E-state index contributed by atoms with van der Waals surface area (Å²) in [6.07, 6.45) is 4.21. The van der Waals surface area contributed by atoms with Gasteiger partial charge in [0.25, 0.3) is 0 Å². The molecular formula is C20H20N4O. The zero-order valence-electron chi connectivity index (χ0n) is 14.0. The van der Waals surface area contributed by atoms with Gasteiger partial charge in [-0.05, 0) is 23.3 Å². The van der Waals surface area contributed by atoms with Gasteiger partial charge < -0.3 is 15.8 Å². The summed E-state index contributed by atoms with van der Waals surface area (Å²) in [6, 6.07) is 17.7. The Hall–Kier alpha value is -3.34. The minimum absolute atomic E-state index is 0.0183. The Labute approximate surface area is 147 Å². The molecule has 0 saturated heterocycles. The SMILES string of the molecule is COc1ccc(C2=CN/C(=C(/Cc3ccccc3)C(=N)N)N=C2)cc1. The summed E-state index contributed by atoms with van der Waals surface area (Å²) in [5.74, 6) is 1.44. The maximum Gasteiger partial charge on any atom is 0.137 e. The lowest BCUT2D eigenvalue weighted by atomic mass is 10.0. The highest BCUT2D eigenvalue weighted by Crippen LogP contribution is 2.21. The van der Waals surface area contributed by atoms with Crippen LogP contribution in [-0.4, -0.2) is 19.2 Å². The van der Waals surface area contributed by atoms with Crippen LogP contribution in [0.2, 0.25) is 0 Å². The molecule has 1 aliphatic heterocycles. The molecule has 1 aliphatic rings. The van der Waals surface area contributed by atoms with Crippen LogP contribution >= 0.6 is 0 Å². The van der Waals surface area contributed by atoms with Gasteiger partial charge in [-0.15, -0.1) is 0 Å². The summed E-state index contributed by atoms with van der Waals surface area (Å²) in [4.78, 5) is 4.47. The van der Waals surface area contributed by atoms with Crippen molar-refractivity contribution in [3.05, 3.63) is 83.3 Å². The van der Waals surface area contributed by atoms with Crippen molar-refractivity contribution in [3.8, 4) is 5.75 Å². The first kappa shape index (κ1) is 16.5. The van der Waals surface area contributed by atoms with Crippen molar-refractivity contribution in [2.45, 2.75) is 6.42 Å². The minimum atomic E-state index is 0.0183. The fraction of sp³-hybridized carbons (Fsp3) is 0.100. The van der Waals surface area contributed by atoms with E-state index in [4.69, 9.17) is 15.9 Å². The molecule has 0 amide bonds. The number of ether oxygens (including phenoxy) is 1. The number of rotatable bonds is 5. The van der Waals surface area contributed by atoms with E-state index >= 15 is 0 Å². The first-order valence-electron chi connectivity index (χ1n) is 7.94. The molecule has 2 aromatic rings. The van der Waals surface area contributed by atoms with Gasteiger partial charge in [0, 0.05) is 30.0 Å². The molecule has 0 aromatic heterocycles. The van der Waals surface area contributed by atoms with Crippen LogP contribution in [0.4, 0.5) is 0 Å². The number of nitrogens with one attached hydrogen (secondary N) is 2. The zero-order valence-corrected chi connectivity index (χ0v) is 14.0. The van der Waals surface area contributed by atoms with Crippen LogP contribution in [0.5, 0.6) is 5.75 Å². The van der Waals surface area contributed by atoms with E-state index < -0.39 is 0 Å². The molecule has 5 heteroatoms. The molecule has 0 unspecified atom stereocenters. The van der Waals surface area contributed by atoms with E-state index in [1.807, 2.05) is 60.8 Å². The summed E-state index contributed by atoms with van der Waals surface area (Å²) >= 11 is 0. The quantitative estimate of drug-likeness (QED) is 0.581. The van der Waals surface area contributed by atoms with Gasteiger partial charge in [-0.2, -0.15) is 0 Å². The lowest BCUT2D eigenvalue weighted by Crippen LogP contribution is -2.22. The van der Waals surface area contributed by atoms with Gasteiger partial charge in [0.1, 0.15) is 17.4 Å². The summed E-state index contributed by atoms with van der Waals surface area (Å²) in [7, 11) is 1.64. The van der Waals surface area contributed by atoms with Crippen LogP contribution in [-0.2, 0) is 6.42 Å². The predicted molar refractivity (Wildman–Crippen MR) is 102 cm³/mol. The molecule has 0 spiro atoms. The van der Waals surface area contributed by atoms with E-state index in [1.165, 1.54) is 0 Å². The Kier molecular flexibility index (Phi) is 4.95. The van der Waals surface area contributed by atoms with Crippen LogP contribution < -0.4 is 15.8 Å². The molecule has 3 rings (SSSR count). The summed E-state index contributed by atoms with van der Waals surface area (Å²) < 4.78 is 5.17. The summed E-state index contributed by atoms with van der Waals surface area (Å²) in [5.41, 5.74) is 9.51. The van der Waals surface area contributed by atoms with E-state index in [9.17, 15) is 0 Å². The van der Waals surface area contributed by atoms with Gasteiger partial charge >= 0.3 is 0 Å². The van der Waals surface area contributed by atoms with Crippen LogP contribution in [0.1, 0.15) is 11.1 Å². The van der Waals surface area contributed by atoms with Gasteiger partial charge in [0.05, 0.1) is 7.11 Å². The van der Waals surface area contributed by atoms with Crippen LogP contribution in [0, 0.1) is 5.41 Å². The first-order valence-corrected chi connectivity index (χ1v) is 7.94. The van der Waals surface area contributed by atoms with Gasteiger partial charge in [-0.3, -0.25) is 5.41 Å². The van der Waals surface area contributed by atoms with Crippen LogP contribution in [0.15, 0.2) is 77.2 Å². The molecule has 25 heavy (non-hydrogen) atoms. The molecule has 0 bridgehead atoms. The second-order valence-electron chi connectivity index (χ2n) is 5.63. The van der Waals surface area contributed by atoms with Crippen LogP contribution in [0.3, 0.4) is 0 Å². The zero-order chi connectivity index (χ0) is 17.6. The highest BCUT2D eigenvalue weighted by atomic mass is 16.5. The molecule has 0 aliphatic carbocycles. The second kappa shape index (κ2) is 7.49. The molecular weight excluding hydrogens is 312 g/mol. The fourth-order valence-electron chi connectivity index (χ4n) is 2.57. The van der Waals surface area contributed by atoms with E-state index in [-0.39, 0.29) is 5.84 Å². The Balaban J connectivity index is 1.82. The molecule has 0 saturated carbocycles. The van der Waals surface area contributed by atoms with E-state index in [1.54, 1.807) is 13.3 Å². The molecule has 0 atom stereocenters. The smallest absolute Gasteiger partial charge is 0.137 e. The molecule has 0 radical (unpaired) electrons. The number of methoxy groups -OCH3 is 1. The lowest BCUT2D eigenvalue weighted by molar-refractivity contribution is 0.415. The van der Waals surface area contributed by atoms with Crippen molar-refractivity contribution in [1.82, 2.24) is 5.32 Å². The number of amidine groups is 1. The molecule has 4 N–H and O–H groups in total. The number of benzene rings is 2. The van der Waals surface area contributed by atoms with Crippen molar-refractivity contribution in [3.63, 3.8) is 0 Å². The van der Waals surface area contributed by atoms with E-state index in [0.29, 0.717) is 17.8 Å². The Bertz CT molecular complexity index is 849. The standard InChI is InChI=1S/C20H20N4O/c1-25-17-9-7-15(8-10-17)16-12-23-20(24-13-16)18(19(21)22)11-14-5-3-2-4-6-14/h2-10,12-13,23H,11H2,1H3,(H3,21,22)/b20-18+. The maximum atomic E-state index is 7.87. The Morgan fingerprint density at radius 2 is 1.84 bits per heavy atom. The van der Waals surface area contributed by atoms with E-state index in [2.05, 4.69) is 10.3 Å². The van der Waals surface area contributed by atoms with Crippen molar-refractivity contribution in [2.75, 3.05) is 7.11 Å². The third kappa shape index (κ3) is 3.95. The van der Waals surface area contributed by atoms with Crippen molar-refractivity contribution in [1.29, 1.82) is 5.41 Å². The Morgan fingerprint density at radius 3 is 2.40 bits per heavy atom. The predicted octanol–water partition coefficient (Wildman–Crippen LogP) is 3.10. The fourth-order valence-corrected chi connectivity index (χ4v) is 2.57. The van der Waals surface area contributed by atoms with Crippen LogP contribution in [0.25, 0.3) is 5.57 Å². The first-order chi connectivity index (χ1) is 12.2. The monoisotopic (exact) mass is 332 g/mol. The topological polar surface area (TPSA) is 83.5 Å². The van der Waals surface area contributed by atoms with Gasteiger partial charge in [-0.25, -0.2) is 4.99 Å². The summed E-state index contributed by atoms with van der Waals surface area (Å²) in [5, 5.41) is 11.0. The number of nitrogens with zero attached hydrogens (tertiary/aromatic N) is 1. The average molecular weight is 332 g/mol.